The van der Waals surface area contributed by atoms with Gasteiger partial charge in [0.05, 0.1) is 5.92 Å². The molecule has 0 saturated heterocycles. The molecule has 0 spiro atoms. The van der Waals surface area contributed by atoms with Crippen LogP contribution in [0.25, 0.3) is 0 Å². The van der Waals surface area contributed by atoms with Gasteiger partial charge in [-0.05, 0) is 67.8 Å². The van der Waals surface area contributed by atoms with Crippen LogP contribution in [0.5, 0.6) is 0 Å². The summed E-state index contributed by atoms with van der Waals surface area (Å²) in [5, 5.41) is 12.8. The highest BCUT2D eigenvalue weighted by Gasteiger charge is 2.60. The van der Waals surface area contributed by atoms with E-state index in [0.29, 0.717) is 17.8 Å². The summed E-state index contributed by atoms with van der Waals surface area (Å²) in [5.41, 5.74) is 0.0112. The molecule has 0 unspecified atom stereocenters. The SMILES string of the molecule is C[C@]12C=CC(=O)N[C@@H]1CC[C@@H]1[C@@H]2CC[C@]2(C)[C@@H](C(=O)O)CC[C@@H]12.Cl. The molecule has 0 aromatic heterocycles. The van der Waals surface area contributed by atoms with Gasteiger partial charge in [-0.2, -0.15) is 0 Å². The lowest BCUT2D eigenvalue weighted by atomic mass is 9.48. The molecule has 2 N–H and O–H groups in total. The van der Waals surface area contributed by atoms with E-state index in [2.05, 4.69) is 25.2 Å². The molecule has 7 atom stereocenters. The van der Waals surface area contributed by atoms with Gasteiger partial charge in [-0.3, -0.25) is 9.59 Å². The first-order valence-electron chi connectivity index (χ1n) is 9.09. The molecule has 0 radical (unpaired) electrons. The second-order valence-electron chi connectivity index (χ2n) is 8.73. The van der Waals surface area contributed by atoms with E-state index < -0.39 is 5.97 Å². The topological polar surface area (TPSA) is 66.4 Å². The lowest BCUT2D eigenvalue weighted by Gasteiger charge is -2.58. The largest absolute Gasteiger partial charge is 0.481 e. The minimum absolute atomic E-state index is 0. The average molecular weight is 354 g/mol. The van der Waals surface area contributed by atoms with Gasteiger partial charge in [-0.1, -0.05) is 19.9 Å². The van der Waals surface area contributed by atoms with Gasteiger partial charge >= 0.3 is 5.97 Å². The van der Waals surface area contributed by atoms with Crippen molar-refractivity contribution in [2.45, 2.75) is 58.4 Å². The molecule has 24 heavy (non-hydrogen) atoms. The fraction of sp³-hybridized carbons (Fsp3) is 0.789. The Kier molecular flexibility index (Phi) is 4.26. The lowest BCUT2D eigenvalue weighted by molar-refractivity contribution is -0.150. The number of nitrogens with one attached hydrogen (secondary N) is 1. The van der Waals surface area contributed by atoms with Crippen LogP contribution in [-0.2, 0) is 9.59 Å². The van der Waals surface area contributed by atoms with Crippen LogP contribution < -0.4 is 5.32 Å². The van der Waals surface area contributed by atoms with Crippen LogP contribution in [0.15, 0.2) is 12.2 Å². The summed E-state index contributed by atoms with van der Waals surface area (Å²) in [7, 11) is 0. The van der Waals surface area contributed by atoms with E-state index in [1.165, 1.54) is 0 Å². The number of carboxylic acid groups (broad SMARTS) is 1. The zero-order valence-electron chi connectivity index (χ0n) is 14.5. The molecule has 0 bridgehead atoms. The maximum atomic E-state index is 11.7. The van der Waals surface area contributed by atoms with Crippen molar-refractivity contribution >= 4 is 24.3 Å². The Labute approximate surface area is 149 Å². The van der Waals surface area contributed by atoms with Crippen molar-refractivity contribution in [3.63, 3.8) is 0 Å². The normalized spacial score (nSPS) is 49.2. The molecule has 3 saturated carbocycles. The van der Waals surface area contributed by atoms with Gasteiger partial charge in [-0.25, -0.2) is 0 Å². The summed E-state index contributed by atoms with van der Waals surface area (Å²) in [6, 6.07) is 0.252. The first kappa shape index (κ1) is 17.8. The number of fused-ring (bicyclic) bond motifs is 5. The number of carbonyl (C=O) groups is 2. The number of amides is 1. The van der Waals surface area contributed by atoms with Gasteiger partial charge in [0.25, 0.3) is 0 Å². The van der Waals surface area contributed by atoms with Gasteiger partial charge in [0.15, 0.2) is 0 Å². The van der Waals surface area contributed by atoms with Crippen molar-refractivity contribution in [1.82, 2.24) is 5.32 Å². The fourth-order valence-electron chi connectivity index (χ4n) is 6.74. The van der Waals surface area contributed by atoms with Crippen LogP contribution in [0, 0.1) is 34.5 Å². The molecule has 4 nitrogen and oxygen atoms in total. The highest BCUT2D eigenvalue weighted by Crippen LogP contribution is 2.64. The highest BCUT2D eigenvalue weighted by atomic mass is 35.5. The molecule has 134 valence electrons. The summed E-state index contributed by atoms with van der Waals surface area (Å²) < 4.78 is 0. The van der Waals surface area contributed by atoms with Crippen molar-refractivity contribution in [3.8, 4) is 0 Å². The Morgan fingerprint density at radius 2 is 1.92 bits per heavy atom. The van der Waals surface area contributed by atoms with Crippen LogP contribution in [0.1, 0.15) is 52.4 Å². The van der Waals surface area contributed by atoms with Gasteiger partial charge < -0.3 is 10.4 Å². The Morgan fingerprint density at radius 1 is 1.17 bits per heavy atom. The first-order valence-corrected chi connectivity index (χ1v) is 9.09. The average Bonchev–Trinajstić information content (AvgIpc) is 2.85. The number of carboxylic acids is 1. The summed E-state index contributed by atoms with van der Waals surface area (Å²) in [5.74, 6) is 0.992. The van der Waals surface area contributed by atoms with Crippen LogP contribution >= 0.6 is 12.4 Å². The van der Waals surface area contributed by atoms with Crippen LogP contribution in [0.3, 0.4) is 0 Å². The third-order valence-corrected chi connectivity index (χ3v) is 7.98. The van der Waals surface area contributed by atoms with E-state index >= 15 is 0 Å². The van der Waals surface area contributed by atoms with Crippen molar-refractivity contribution in [3.05, 3.63) is 12.2 Å². The summed E-state index contributed by atoms with van der Waals surface area (Å²) >= 11 is 0. The molecule has 1 amide bonds. The maximum absolute atomic E-state index is 11.7. The molecule has 1 aliphatic heterocycles. The first-order chi connectivity index (χ1) is 10.9. The molecular weight excluding hydrogens is 326 g/mol. The minimum atomic E-state index is -0.599. The quantitative estimate of drug-likeness (QED) is 0.759. The molecule has 3 aliphatic carbocycles. The maximum Gasteiger partial charge on any atom is 0.307 e. The van der Waals surface area contributed by atoms with Crippen molar-refractivity contribution in [1.29, 1.82) is 0 Å². The number of rotatable bonds is 1. The van der Waals surface area contributed by atoms with E-state index in [1.54, 1.807) is 6.08 Å². The molecule has 5 heteroatoms. The van der Waals surface area contributed by atoms with Crippen LogP contribution in [0.2, 0.25) is 0 Å². The summed E-state index contributed by atoms with van der Waals surface area (Å²) in [6.07, 6.45) is 10.0. The van der Waals surface area contributed by atoms with Gasteiger partial charge in [0.1, 0.15) is 0 Å². The molecule has 0 aromatic rings. The molecule has 0 aromatic carbocycles. The van der Waals surface area contributed by atoms with E-state index in [0.717, 1.165) is 38.5 Å². The Morgan fingerprint density at radius 3 is 2.62 bits per heavy atom. The molecule has 4 aliphatic rings. The standard InChI is InChI=1S/C19H27NO3.ClH/c1-18-9-7-13-11(12(18)4-5-14(18)17(22)23)3-6-15-19(13,2)10-8-16(21)20-15;/h8,10-15H,3-7,9H2,1-2H3,(H,20,21)(H,22,23);1H/t11-,12-,13-,14+,15+,18-,19+;/m0./s1. The minimum Gasteiger partial charge on any atom is -0.481 e. The van der Waals surface area contributed by atoms with Crippen molar-refractivity contribution < 1.29 is 14.7 Å². The van der Waals surface area contributed by atoms with Gasteiger partial charge in [0.2, 0.25) is 5.91 Å². The summed E-state index contributed by atoms with van der Waals surface area (Å²) in [4.78, 5) is 23.4. The number of aliphatic carboxylic acids is 1. The van der Waals surface area contributed by atoms with Crippen LogP contribution in [-0.4, -0.2) is 23.0 Å². The second-order valence-corrected chi connectivity index (χ2v) is 8.73. The fourth-order valence-corrected chi connectivity index (χ4v) is 6.74. The third kappa shape index (κ3) is 2.25. The highest BCUT2D eigenvalue weighted by molar-refractivity contribution is 5.89. The lowest BCUT2D eigenvalue weighted by Crippen LogP contribution is -2.59. The predicted octanol–water partition coefficient (Wildman–Crippen LogP) is 3.41. The smallest absolute Gasteiger partial charge is 0.307 e. The van der Waals surface area contributed by atoms with Crippen LogP contribution in [0.4, 0.5) is 0 Å². The predicted molar refractivity (Wildman–Crippen MR) is 93.8 cm³/mol. The Hall–Kier alpha value is -1.03. The monoisotopic (exact) mass is 353 g/mol. The van der Waals surface area contributed by atoms with E-state index in [4.69, 9.17) is 0 Å². The molecule has 3 fully saturated rings. The third-order valence-electron chi connectivity index (χ3n) is 7.98. The zero-order chi connectivity index (χ0) is 16.4. The second kappa shape index (κ2) is 5.76. The Bertz CT molecular complexity index is 591. The number of hydrogen-bond acceptors (Lipinski definition) is 2. The van der Waals surface area contributed by atoms with Gasteiger partial charge in [0, 0.05) is 11.5 Å². The number of halogens is 1. The molecule has 1 heterocycles. The van der Waals surface area contributed by atoms with Gasteiger partial charge in [-0.15, -0.1) is 12.4 Å². The van der Waals surface area contributed by atoms with E-state index in [9.17, 15) is 14.7 Å². The Balaban J connectivity index is 0.00000169. The zero-order valence-corrected chi connectivity index (χ0v) is 15.3. The van der Waals surface area contributed by atoms with Crippen molar-refractivity contribution in [2.75, 3.05) is 0 Å². The van der Waals surface area contributed by atoms with E-state index in [-0.39, 0.29) is 41.1 Å². The van der Waals surface area contributed by atoms with E-state index in [1.807, 2.05) is 0 Å². The summed E-state index contributed by atoms with van der Waals surface area (Å²) in [6.45, 7) is 4.53. The molecule has 4 rings (SSSR count). The molecular formula is C19H28ClNO3. The number of carbonyl (C=O) groups excluding carboxylic acids is 1. The number of hydrogen-bond donors (Lipinski definition) is 2. The van der Waals surface area contributed by atoms with Crippen molar-refractivity contribution in [2.24, 2.45) is 34.5 Å².